The molecule has 0 aliphatic rings. The quantitative estimate of drug-likeness (QED) is 0.482. The number of esters is 2. The second-order valence-electron chi connectivity index (χ2n) is 7.26. The number of benzene rings is 1. The standard InChI is InChI=1S/C16H24BNO6/c1-15(2,3)22-13(19)10-8-7-9-11(12(10)17(21)24-18)14(20)23-16(4,5)6/h7-9,21H,18H2,1-6H3. The van der Waals surface area contributed by atoms with Crippen molar-refractivity contribution in [2.45, 2.75) is 52.7 Å². The Hall–Kier alpha value is -1.90. The SMILES string of the molecule is CC(C)(C)OC(=O)c1cccc(C(=O)OC(C)(C)C)c1B(O)ON. The highest BCUT2D eigenvalue weighted by atomic mass is 16.6. The zero-order valence-electron chi connectivity index (χ0n) is 14.9. The summed E-state index contributed by atoms with van der Waals surface area (Å²) in [6.45, 7) is 10.2. The summed E-state index contributed by atoms with van der Waals surface area (Å²) in [6.07, 6.45) is 0. The molecule has 1 aromatic rings. The first-order valence-corrected chi connectivity index (χ1v) is 7.49. The Labute approximate surface area is 142 Å². The van der Waals surface area contributed by atoms with Gasteiger partial charge in [-0.3, -0.25) is 0 Å². The Morgan fingerprint density at radius 2 is 1.33 bits per heavy atom. The number of hydrogen-bond acceptors (Lipinski definition) is 7. The predicted octanol–water partition coefficient (Wildman–Crippen LogP) is 1.17. The van der Waals surface area contributed by atoms with E-state index in [-0.39, 0.29) is 16.6 Å². The molecule has 0 saturated carbocycles. The Bertz CT molecular complexity index is 572. The van der Waals surface area contributed by atoms with Crippen molar-refractivity contribution in [3.05, 3.63) is 29.3 Å². The maximum Gasteiger partial charge on any atom is 0.509 e. The number of carbonyl (C=O) groups is 2. The van der Waals surface area contributed by atoms with Crippen LogP contribution in [-0.2, 0) is 14.2 Å². The molecule has 0 aromatic heterocycles. The molecule has 0 spiro atoms. The highest BCUT2D eigenvalue weighted by Crippen LogP contribution is 2.16. The van der Waals surface area contributed by atoms with E-state index < -0.39 is 30.3 Å². The van der Waals surface area contributed by atoms with E-state index in [1.165, 1.54) is 18.2 Å². The van der Waals surface area contributed by atoms with Gasteiger partial charge in [0.1, 0.15) is 11.2 Å². The van der Waals surface area contributed by atoms with Gasteiger partial charge in [0.05, 0.1) is 11.1 Å². The lowest BCUT2D eigenvalue weighted by Crippen LogP contribution is -2.44. The van der Waals surface area contributed by atoms with Crippen LogP contribution in [0.4, 0.5) is 0 Å². The second-order valence-corrected chi connectivity index (χ2v) is 7.26. The molecule has 0 heterocycles. The molecule has 3 N–H and O–H groups in total. The monoisotopic (exact) mass is 337 g/mol. The fourth-order valence-electron chi connectivity index (χ4n) is 1.92. The highest BCUT2D eigenvalue weighted by molar-refractivity contribution is 6.63. The molecule has 24 heavy (non-hydrogen) atoms. The van der Waals surface area contributed by atoms with Crippen molar-refractivity contribution in [1.82, 2.24) is 0 Å². The summed E-state index contributed by atoms with van der Waals surface area (Å²) in [5.41, 5.74) is -1.63. The average Bonchev–Trinajstić information content (AvgIpc) is 2.41. The molecule has 1 aromatic carbocycles. The first-order valence-electron chi connectivity index (χ1n) is 7.49. The Kier molecular flexibility index (Phi) is 6.16. The minimum absolute atomic E-state index is 0.0220. The minimum atomic E-state index is -1.68. The zero-order valence-corrected chi connectivity index (χ0v) is 14.9. The smallest absolute Gasteiger partial charge is 0.456 e. The van der Waals surface area contributed by atoms with Gasteiger partial charge in [-0.15, -0.1) is 0 Å². The lowest BCUT2D eigenvalue weighted by Gasteiger charge is -2.23. The number of rotatable bonds is 4. The summed E-state index contributed by atoms with van der Waals surface area (Å²) in [5, 5.41) is 10.0. The van der Waals surface area contributed by atoms with E-state index in [9.17, 15) is 14.6 Å². The maximum atomic E-state index is 12.4. The van der Waals surface area contributed by atoms with Crippen LogP contribution in [0.25, 0.3) is 0 Å². The number of hydrogen-bond donors (Lipinski definition) is 2. The molecule has 8 heteroatoms. The van der Waals surface area contributed by atoms with Crippen LogP contribution in [0.2, 0.25) is 0 Å². The lowest BCUT2D eigenvalue weighted by atomic mass is 9.73. The van der Waals surface area contributed by atoms with Crippen molar-refractivity contribution in [2.75, 3.05) is 0 Å². The zero-order chi connectivity index (χ0) is 18.7. The molecule has 132 valence electrons. The first-order chi connectivity index (χ1) is 10.9. The van der Waals surface area contributed by atoms with Crippen molar-refractivity contribution in [1.29, 1.82) is 0 Å². The molecule has 0 aliphatic carbocycles. The molecule has 0 bridgehead atoms. The summed E-state index contributed by atoms with van der Waals surface area (Å²) < 4.78 is 15.0. The summed E-state index contributed by atoms with van der Waals surface area (Å²) in [7, 11) is -1.68. The van der Waals surface area contributed by atoms with Gasteiger partial charge in [-0.05, 0) is 53.7 Å². The summed E-state index contributed by atoms with van der Waals surface area (Å²) in [4.78, 5) is 24.8. The van der Waals surface area contributed by atoms with Crippen molar-refractivity contribution in [3.8, 4) is 0 Å². The van der Waals surface area contributed by atoms with Gasteiger partial charge in [0.15, 0.2) is 0 Å². The van der Waals surface area contributed by atoms with Crippen molar-refractivity contribution in [3.63, 3.8) is 0 Å². The first kappa shape index (κ1) is 20.2. The van der Waals surface area contributed by atoms with Gasteiger partial charge in [-0.1, -0.05) is 6.07 Å². The number of nitrogens with two attached hydrogens (primary N) is 1. The molecule has 0 radical (unpaired) electrons. The molecule has 7 nitrogen and oxygen atoms in total. The van der Waals surface area contributed by atoms with E-state index in [0.29, 0.717) is 0 Å². The third-order valence-corrected chi connectivity index (χ3v) is 2.72. The topological polar surface area (TPSA) is 108 Å². The van der Waals surface area contributed by atoms with Crippen LogP contribution in [0.1, 0.15) is 62.3 Å². The van der Waals surface area contributed by atoms with E-state index in [1.54, 1.807) is 41.5 Å². The molecule has 0 aliphatic heterocycles. The highest BCUT2D eigenvalue weighted by Gasteiger charge is 2.33. The van der Waals surface area contributed by atoms with Crippen molar-refractivity contribution in [2.24, 2.45) is 5.90 Å². The van der Waals surface area contributed by atoms with E-state index in [2.05, 4.69) is 4.76 Å². The summed E-state index contributed by atoms with van der Waals surface area (Å²) in [5.74, 6) is 3.62. The van der Waals surface area contributed by atoms with Crippen LogP contribution >= 0.6 is 0 Å². The number of carbonyl (C=O) groups excluding carboxylic acids is 2. The molecule has 0 unspecified atom stereocenters. The van der Waals surface area contributed by atoms with Crippen molar-refractivity contribution >= 4 is 24.5 Å². The van der Waals surface area contributed by atoms with Crippen molar-refractivity contribution < 1.29 is 28.8 Å². The van der Waals surface area contributed by atoms with E-state index in [0.717, 1.165) is 0 Å². The Balaban J connectivity index is 3.38. The number of ether oxygens (including phenoxy) is 2. The van der Waals surface area contributed by atoms with Gasteiger partial charge in [0, 0.05) is 5.46 Å². The largest absolute Gasteiger partial charge is 0.509 e. The van der Waals surface area contributed by atoms with Gasteiger partial charge >= 0.3 is 19.1 Å². The molecular weight excluding hydrogens is 313 g/mol. The Morgan fingerprint density at radius 1 is 0.958 bits per heavy atom. The molecular formula is C16H24BNO6. The summed E-state index contributed by atoms with van der Waals surface area (Å²) >= 11 is 0. The Morgan fingerprint density at radius 3 is 1.62 bits per heavy atom. The van der Waals surface area contributed by atoms with Crippen LogP contribution in [0.15, 0.2) is 18.2 Å². The molecule has 0 saturated heterocycles. The summed E-state index contributed by atoms with van der Waals surface area (Å²) in [6, 6.07) is 4.32. The molecule has 0 amide bonds. The molecule has 1 rings (SSSR count). The predicted molar refractivity (Wildman–Crippen MR) is 89.7 cm³/mol. The third-order valence-electron chi connectivity index (χ3n) is 2.72. The van der Waals surface area contributed by atoms with E-state index in [1.807, 2.05) is 0 Å². The average molecular weight is 337 g/mol. The van der Waals surface area contributed by atoms with Crippen LogP contribution in [0, 0.1) is 0 Å². The van der Waals surface area contributed by atoms with Crippen LogP contribution in [0.3, 0.4) is 0 Å². The fraction of sp³-hybridized carbons (Fsp3) is 0.500. The minimum Gasteiger partial charge on any atom is -0.456 e. The van der Waals surface area contributed by atoms with Gasteiger partial charge in [-0.25, -0.2) is 15.5 Å². The van der Waals surface area contributed by atoms with Crippen LogP contribution < -0.4 is 11.4 Å². The van der Waals surface area contributed by atoms with Gasteiger partial charge in [0.25, 0.3) is 0 Å². The van der Waals surface area contributed by atoms with Gasteiger partial charge in [-0.2, -0.15) is 0 Å². The fourth-order valence-corrected chi connectivity index (χ4v) is 1.92. The lowest BCUT2D eigenvalue weighted by molar-refractivity contribution is 0.00676. The maximum absolute atomic E-state index is 12.4. The second kappa shape index (κ2) is 7.33. The molecule has 0 fully saturated rings. The molecule has 0 atom stereocenters. The van der Waals surface area contributed by atoms with E-state index >= 15 is 0 Å². The van der Waals surface area contributed by atoms with Crippen LogP contribution in [-0.4, -0.2) is 35.3 Å². The van der Waals surface area contributed by atoms with Crippen LogP contribution in [0.5, 0.6) is 0 Å². The van der Waals surface area contributed by atoms with Gasteiger partial charge in [0.2, 0.25) is 0 Å². The van der Waals surface area contributed by atoms with Gasteiger partial charge < -0.3 is 19.3 Å². The third kappa shape index (κ3) is 5.63. The van der Waals surface area contributed by atoms with E-state index in [4.69, 9.17) is 15.4 Å². The normalized spacial score (nSPS) is 11.8.